The van der Waals surface area contributed by atoms with Gasteiger partial charge in [-0.1, -0.05) is 65.1 Å². The first-order chi connectivity index (χ1) is 18.9. The van der Waals surface area contributed by atoms with Crippen molar-refractivity contribution in [1.29, 1.82) is 0 Å². The molecule has 0 atom stereocenters. The summed E-state index contributed by atoms with van der Waals surface area (Å²) in [5, 5.41) is 2.02. The van der Waals surface area contributed by atoms with Gasteiger partial charge >= 0.3 is 5.97 Å². The third-order valence-electron chi connectivity index (χ3n) is 5.86. The fourth-order valence-corrected chi connectivity index (χ4v) is 4.45. The molecule has 0 aliphatic rings. The van der Waals surface area contributed by atoms with E-state index in [9.17, 15) is 9.59 Å². The smallest absolute Gasteiger partial charge is 0.336 e. The highest BCUT2D eigenvalue weighted by atomic mass is 35.5. The number of fused-ring (bicyclic) bond motifs is 1. The lowest BCUT2D eigenvalue weighted by molar-refractivity contribution is -0.128. The maximum atomic E-state index is 12.9. The van der Waals surface area contributed by atoms with Crippen molar-refractivity contribution in [2.75, 3.05) is 0 Å². The Kier molecular flexibility index (Phi) is 8.03. The summed E-state index contributed by atoms with van der Waals surface area (Å²) >= 11 is 18.3. The Morgan fingerprint density at radius 2 is 1.54 bits per heavy atom. The van der Waals surface area contributed by atoms with Gasteiger partial charge in [-0.05, 0) is 65.7 Å². The number of carbonyl (C=O) groups is 1. The summed E-state index contributed by atoms with van der Waals surface area (Å²) in [6.45, 7) is 0.230. The van der Waals surface area contributed by atoms with Gasteiger partial charge < -0.3 is 13.9 Å². The Hall–Kier alpha value is -4.03. The maximum Gasteiger partial charge on any atom is 0.336 e. The zero-order chi connectivity index (χ0) is 27.4. The molecule has 0 fully saturated rings. The molecule has 0 spiro atoms. The van der Waals surface area contributed by atoms with Crippen LogP contribution in [0.4, 0.5) is 0 Å². The second-order valence-electron chi connectivity index (χ2n) is 8.46. The SMILES string of the molecule is O=C(C=Cc1ccc(OCc2c(Cl)cccc2Cl)cc1)Oc1ccc2c(=O)c(-c3ccc(Cl)cc3)coc2c1. The van der Waals surface area contributed by atoms with Crippen LogP contribution in [-0.4, -0.2) is 5.97 Å². The molecular formula is C31H19Cl3O5. The van der Waals surface area contributed by atoms with Crippen molar-refractivity contribution in [3.8, 4) is 22.6 Å². The van der Waals surface area contributed by atoms with E-state index < -0.39 is 5.97 Å². The summed E-state index contributed by atoms with van der Waals surface area (Å²) < 4.78 is 16.8. The number of benzene rings is 4. The molecule has 194 valence electrons. The first-order valence-electron chi connectivity index (χ1n) is 11.7. The molecule has 0 aliphatic heterocycles. The largest absolute Gasteiger partial charge is 0.489 e. The second-order valence-corrected chi connectivity index (χ2v) is 9.71. The van der Waals surface area contributed by atoms with Gasteiger partial charge in [-0.15, -0.1) is 0 Å². The molecule has 5 rings (SSSR count). The van der Waals surface area contributed by atoms with Gasteiger partial charge in [0.05, 0.1) is 10.9 Å². The molecule has 1 heterocycles. The number of halogens is 3. The fourth-order valence-electron chi connectivity index (χ4n) is 3.82. The number of carbonyl (C=O) groups excluding carboxylic acids is 1. The number of hydrogen-bond donors (Lipinski definition) is 0. The van der Waals surface area contributed by atoms with Crippen LogP contribution in [0.3, 0.4) is 0 Å². The standard InChI is InChI=1S/C31H19Cl3O5/c32-21-9-7-20(8-10-21)25-17-38-29-16-23(13-14-24(29)31(25)36)39-30(35)15-6-19-4-11-22(12-5-19)37-18-26-27(33)2-1-3-28(26)34/h1-17H,18H2. The molecule has 0 saturated heterocycles. The van der Waals surface area contributed by atoms with Gasteiger partial charge in [0.15, 0.2) is 5.43 Å². The van der Waals surface area contributed by atoms with Crippen LogP contribution in [0, 0.1) is 0 Å². The van der Waals surface area contributed by atoms with Crippen LogP contribution in [0.2, 0.25) is 15.1 Å². The summed E-state index contributed by atoms with van der Waals surface area (Å²) in [6, 6.07) is 24.0. The van der Waals surface area contributed by atoms with Crippen LogP contribution < -0.4 is 14.9 Å². The number of rotatable bonds is 7. The molecule has 5 nitrogen and oxygen atoms in total. The zero-order valence-electron chi connectivity index (χ0n) is 20.2. The maximum absolute atomic E-state index is 12.9. The molecule has 4 aromatic carbocycles. The highest BCUT2D eigenvalue weighted by Crippen LogP contribution is 2.27. The van der Waals surface area contributed by atoms with E-state index in [1.165, 1.54) is 18.4 Å². The van der Waals surface area contributed by atoms with Crippen LogP contribution >= 0.6 is 34.8 Å². The summed E-state index contributed by atoms with van der Waals surface area (Å²) in [5.41, 5.74) is 2.70. The summed E-state index contributed by atoms with van der Waals surface area (Å²) in [6.07, 6.45) is 4.32. The third kappa shape index (κ3) is 6.35. The monoisotopic (exact) mass is 576 g/mol. The average Bonchev–Trinajstić information content (AvgIpc) is 2.93. The van der Waals surface area contributed by atoms with E-state index in [1.807, 2.05) is 0 Å². The number of esters is 1. The Morgan fingerprint density at radius 1 is 0.846 bits per heavy atom. The molecule has 1 aromatic heterocycles. The highest BCUT2D eigenvalue weighted by molar-refractivity contribution is 6.36. The normalized spacial score (nSPS) is 11.2. The molecular weight excluding hydrogens is 559 g/mol. The van der Waals surface area contributed by atoms with E-state index in [1.54, 1.807) is 84.9 Å². The Balaban J connectivity index is 1.22. The topological polar surface area (TPSA) is 65.7 Å². The van der Waals surface area contributed by atoms with Gasteiger partial charge in [-0.25, -0.2) is 4.79 Å². The van der Waals surface area contributed by atoms with E-state index in [-0.39, 0.29) is 17.8 Å². The van der Waals surface area contributed by atoms with Crippen LogP contribution in [0.1, 0.15) is 11.1 Å². The van der Waals surface area contributed by atoms with Gasteiger partial charge in [0.25, 0.3) is 0 Å². The highest BCUT2D eigenvalue weighted by Gasteiger charge is 2.11. The molecule has 0 unspecified atom stereocenters. The first-order valence-corrected chi connectivity index (χ1v) is 12.9. The predicted molar refractivity (Wildman–Crippen MR) is 155 cm³/mol. The lowest BCUT2D eigenvalue weighted by Gasteiger charge is -2.09. The summed E-state index contributed by atoms with van der Waals surface area (Å²) in [5.74, 6) is 0.298. The number of ether oxygens (including phenoxy) is 2. The Labute approximate surface area is 238 Å². The molecule has 0 bridgehead atoms. The van der Waals surface area contributed by atoms with Gasteiger partial charge in [0, 0.05) is 32.8 Å². The van der Waals surface area contributed by atoms with Crippen LogP contribution in [0.5, 0.6) is 11.5 Å². The van der Waals surface area contributed by atoms with E-state index in [4.69, 9.17) is 48.7 Å². The van der Waals surface area contributed by atoms with Gasteiger partial charge in [0.2, 0.25) is 0 Å². The van der Waals surface area contributed by atoms with Gasteiger partial charge in [0.1, 0.15) is 30.0 Å². The molecule has 0 aliphatic carbocycles. The van der Waals surface area contributed by atoms with Crippen LogP contribution in [0.15, 0.2) is 106 Å². The summed E-state index contributed by atoms with van der Waals surface area (Å²) in [4.78, 5) is 25.3. The van der Waals surface area contributed by atoms with Crippen molar-refractivity contribution < 1.29 is 18.7 Å². The molecule has 5 aromatic rings. The van der Waals surface area contributed by atoms with E-state index in [2.05, 4.69) is 0 Å². The van der Waals surface area contributed by atoms with Crippen LogP contribution in [0.25, 0.3) is 28.2 Å². The quantitative estimate of drug-likeness (QED) is 0.110. The predicted octanol–water partition coefficient (Wildman–Crippen LogP) is 8.62. The van der Waals surface area contributed by atoms with Gasteiger partial charge in [-0.2, -0.15) is 0 Å². The Bertz CT molecular complexity index is 1720. The second kappa shape index (κ2) is 11.8. The molecule has 0 amide bonds. The zero-order valence-corrected chi connectivity index (χ0v) is 22.5. The third-order valence-corrected chi connectivity index (χ3v) is 6.82. The van der Waals surface area contributed by atoms with Crippen molar-refractivity contribution >= 4 is 57.8 Å². The van der Waals surface area contributed by atoms with Crippen molar-refractivity contribution in [3.05, 3.63) is 134 Å². The minimum absolute atomic E-state index is 0.196. The van der Waals surface area contributed by atoms with Crippen LogP contribution in [-0.2, 0) is 11.4 Å². The lowest BCUT2D eigenvalue weighted by Crippen LogP contribution is -2.06. The number of hydrogen-bond acceptors (Lipinski definition) is 5. The van der Waals surface area contributed by atoms with E-state index in [0.29, 0.717) is 48.5 Å². The molecule has 0 radical (unpaired) electrons. The average molecular weight is 578 g/mol. The van der Waals surface area contributed by atoms with E-state index >= 15 is 0 Å². The Morgan fingerprint density at radius 3 is 2.26 bits per heavy atom. The molecule has 39 heavy (non-hydrogen) atoms. The van der Waals surface area contributed by atoms with Crippen molar-refractivity contribution in [1.82, 2.24) is 0 Å². The van der Waals surface area contributed by atoms with Gasteiger partial charge in [-0.3, -0.25) is 4.79 Å². The molecule has 0 saturated carbocycles. The fraction of sp³-hybridized carbons (Fsp3) is 0.0323. The minimum Gasteiger partial charge on any atom is -0.489 e. The van der Waals surface area contributed by atoms with Crippen molar-refractivity contribution in [2.45, 2.75) is 6.61 Å². The molecule has 8 heteroatoms. The molecule has 0 N–H and O–H groups in total. The first kappa shape index (κ1) is 26.6. The lowest BCUT2D eigenvalue weighted by atomic mass is 10.1. The van der Waals surface area contributed by atoms with E-state index in [0.717, 1.165) is 5.56 Å². The minimum atomic E-state index is -0.580. The van der Waals surface area contributed by atoms with Crippen molar-refractivity contribution in [3.63, 3.8) is 0 Å². The van der Waals surface area contributed by atoms with Crippen molar-refractivity contribution in [2.24, 2.45) is 0 Å². The summed E-state index contributed by atoms with van der Waals surface area (Å²) in [7, 11) is 0.